The number of aromatic nitrogens is 3. The minimum atomic E-state index is -0.387. The number of anilines is 1. The fourth-order valence-corrected chi connectivity index (χ4v) is 4.94. The van der Waals surface area contributed by atoms with Crippen molar-refractivity contribution in [2.45, 2.75) is 32.7 Å². The van der Waals surface area contributed by atoms with E-state index in [2.05, 4.69) is 22.6 Å². The predicted molar refractivity (Wildman–Crippen MR) is 111 cm³/mol. The van der Waals surface area contributed by atoms with Gasteiger partial charge in [0.05, 0.1) is 25.3 Å². The average Bonchev–Trinajstić information content (AvgIpc) is 3.08. The molecule has 29 heavy (non-hydrogen) atoms. The number of thiophene rings is 1. The molecular formula is C20H22N4O4S. The lowest BCUT2D eigenvalue weighted by Gasteiger charge is -2.17. The molecule has 2 heterocycles. The highest BCUT2D eigenvalue weighted by Gasteiger charge is 2.24. The van der Waals surface area contributed by atoms with Gasteiger partial charge in [0.1, 0.15) is 18.0 Å². The lowest BCUT2D eigenvalue weighted by atomic mass is 9.89. The molecule has 1 aliphatic rings. The Labute approximate surface area is 171 Å². The normalized spacial score (nSPS) is 15.8. The third-order valence-electron chi connectivity index (χ3n) is 5.16. The summed E-state index contributed by atoms with van der Waals surface area (Å²) in [5.41, 5.74) is 1.30. The van der Waals surface area contributed by atoms with Gasteiger partial charge in [0.15, 0.2) is 4.83 Å². The number of fused-ring (bicyclic) bond motifs is 3. The van der Waals surface area contributed by atoms with E-state index >= 15 is 0 Å². The Kier molecular flexibility index (Phi) is 5.23. The molecule has 1 aliphatic carbocycles. The van der Waals surface area contributed by atoms with E-state index in [1.54, 1.807) is 36.6 Å². The summed E-state index contributed by atoms with van der Waals surface area (Å²) in [5.74, 6) is 1.30. The van der Waals surface area contributed by atoms with Crippen LogP contribution in [0, 0.1) is 5.92 Å². The van der Waals surface area contributed by atoms with Crippen LogP contribution in [0.5, 0.6) is 11.5 Å². The number of aryl methyl sites for hydroxylation is 1. The number of rotatable bonds is 5. The van der Waals surface area contributed by atoms with Crippen LogP contribution in [0.15, 0.2) is 23.0 Å². The van der Waals surface area contributed by atoms with Gasteiger partial charge in [0.25, 0.3) is 5.56 Å². The molecule has 0 unspecified atom stereocenters. The van der Waals surface area contributed by atoms with E-state index in [9.17, 15) is 9.59 Å². The number of hydrogen-bond donors (Lipinski definition) is 1. The molecule has 3 aromatic rings. The summed E-state index contributed by atoms with van der Waals surface area (Å²) in [6.07, 6.45) is 2.89. The second-order valence-corrected chi connectivity index (χ2v) is 8.28. The van der Waals surface area contributed by atoms with Crippen LogP contribution in [0.4, 0.5) is 5.69 Å². The Hall–Kier alpha value is -2.94. The maximum Gasteiger partial charge on any atom is 0.279 e. The van der Waals surface area contributed by atoms with Crippen molar-refractivity contribution >= 4 is 33.1 Å². The second kappa shape index (κ2) is 7.82. The van der Waals surface area contributed by atoms with Crippen LogP contribution in [0.2, 0.25) is 0 Å². The van der Waals surface area contributed by atoms with Crippen molar-refractivity contribution in [2.24, 2.45) is 5.92 Å². The van der Waals surface area contributed by atoms with E-state index in [0.29, 0.717) is 33.3 Å². The molecule has 0 saturated carbocycles. The largest absolute Gasteiger partial charge is 0.497 e. The van der Waals surface area contributed by atoms with Crippen LogP contribution in [-0.4, -0.2) is 35.1 Å². The van der Waals surface area contributed by atoms with Crippen LogP contribution in [0.3, 0.4) is 0 Å². The van der Waals surface area contributed by atoms with Gasteiger partial charge < -0.3 is 14.8 Å². The van der Waals surface area contributed by atoms with Gasteiger partial charge in [-0.2, -0.15) is 0 Å². The number of benzene rings is 1. The molecule has 0 spiro atoms. The Morgan fingerprint density at radius 3 is 2.93 bits per heavy atom. The third-order valence-corrected chi connectivity index (χ3v) is 6.30. The molecule has 8 nitrogen and oxygen atoms in total. The van der Waals surface area contributed by atoms with E-state index < -0.39 is 0 Å². The first-order valence-corrected chi connectivity index (χ1v) is 10.2. The summed E-state index contributed by atoms with van der Waals surface area (Å²) in [4.78, 5) is 27.4. The minimum absolute atomic E-state index is 0.224. The van der Waals surface area contributed by atoms with E-state index in [1.807, 2.05) is 0 Å². The van der Waals surface area contributed by atoms with Gasteiger partial charge in [0.2, 0.25) is 5.91 Å². The van der Waals surface area contributed by atoms with Crippen molar-refractivity contribution in [2.75, 3.05) is 19.5 Å². The lowest BCUT2D eigenvalue weighted by molar-refractivity contribution is -0.117. The lowest BCUT2D eigenvalue weighted by Crippen LogP contribution is -2.30. The zero-order chi connectivity index (χ0) is 20.5. The van der Waals surface area contributed by atoms with E-state index in [1.165, 1.54) is 12.0 Å². The summed E-state index contributed by atoms with van der Waals surface area (Å²) in [6, 6.07) is 5.07. The second-order valence-electron chi connectivity index (χ2n) is 7.20. The highest BCUT2D eigenvalue weighted by Crippen LogP contribution is 2.35. The molecule has 1 N–H and O–H groups in total. The summed E-state index contributed by atoms with van der Waals surface area (Å²) in [7, 11) is 3.06. The zero-order valence-electron chi connectivity index (χ0n) is 16.5. The number of methoxy groups -OCH3 is 2. The van der Waals surface area contributed by atoms with Gasteiger partial charge in [-0.1, -0.05) is 12.1 Å². The molecule has 0 saturated heterocycles. The molecule has 0 fully saturated rings. The van der Waals surface area contributed by atoms with Gasteiger partial charge in [-0.15, -0.1) is 16.4 Å². The highest BCUT2D eigenvalue weighted by atomic mass is 32.1. The predicted octanol–water partition coefficient (Wildman–Crippen LogP) is 2.63. The van der Waals surface area contributed by atoms with Crippen LogP contribution in [-0.2, 0) is 24.2 Å². The number of nitrogens with one attached hydrogen (secondary N) is 1. The minimum Gasteiger partial charge on any atom is -0.497 e. The summed E-state index contributed by atoms with van der Waals surface area (Å²) >= 11 is 1.54. The molecule has 9 heteroatoms. The number of ether oxygens (including phenoxy) is 2. The first kappa shape index (κ1) is 19.4. The van der Waals surface area contributed by atoms with E-state index in [0.717, 1.165) is 29.5 Å². The number of carbonyl (C=O) groups excluding carboxylic acids is 1. The Morgan fingerprint density at radius 1 is 1.34 bits per heavy atom. The van der Waals surface area contributed by atoms with Crippen molar-refractivity contribution in [1.82, 2.24) is 15.0 Å². The number of hydrogen-bond acceptors (Lipinski definition) is 7. The van der Waals surface area contributed by atoms with Gasteiger partial charge in [0, 0.05) is 10.9 Å². The summed E-state index contributed by atoms with van der Waals surface area (Å²) in [5, 5.41) is 11.5. The SMILES string of the molecule is COc1ccc(NC(=O)Cn2nnc3sc4c(c3c2=O)CC[C@H](C)C4)c(OC)c1. The van der Waals surface area contributed by atoms with Crippen molar-refractivity contribution in [3.8, 4) is 11.5 Å². The van der Waals surface area contributed by atoms with Crippen LogP contribution < -0.4 is 20.3 Å². The number of amides is 1. The third kappa shape index (κ3) is 3.69. The fraction of sp³-hybridized carbons (Fsp3) is 0.400. The molecule has 1 atom stereocenters. The zero-order valence-corrected chi connectivity index (χ0v) is 17.3. The van der Waals surface area contributed by atoms with Gasteiger partial charge >= 0.3 is 0 Å². The van der Waals surface area contributed by atoms with Crippen molar-refractivity contribution in [1.29, 1.82) is 0 Å². The molecule has 2 aromatic heterocycles. The molecule has 152 valence electrons. The smallest absolute Gasteiger partial charge is 0.279 e. The molecular weight excluding hydrogens is 392 g/mol. The molecule has 0 radical (unpaired) electrons. The summed E-state index contributed by atoms with van der Waals surface area (Å²) in [6.45, 7) is 1.99. The van der Waals surface area contributed by atoms with Gasteiger partial charge in [-0.3, -0.25) is 9.59 Å². The first-order chi connectivity index (χ1) is 14.0. The maximum absolute atomic E-state index is 13.0. The molecule has 4 rings (SSSR count). The van der Waals surface area contributed by atoms with Crippen LogP contribution >= 0.6 is 11.3 Å². The van der Waals surface area contributed by atoms with E-state index in [4.69, 9.17) is 9.47 Å². The Balaban J connectivity index is 1.59. The van der Waals surface area contributed by atoms with Crippen molar-refractivity contribution in [3.63, 3.8) is 0 Å². The highest BCUT2D eigenvalue weighted by molar-refractivity contribution is 7.18. The van der Waals surface area contributed by atoms with Gasteiger partial charge in [-0.25, -0.2) is 4.68 Å². The standard InChI is InChI=1S/C20H22N4O4S/c1-11-4-6-13-16(8-11)29-19-18(13)20(26)24(23-22-19)10-17(25)21-14-7-5-12(27-2)9-15(14)28-3/h5,7,9,11H,4,6,8,10H2,1-3H3,(H,21,25)/t11-/m0/s1. The van der Waals surface area contributed by atoms with Crippen LogP contribution in [0.1, 0.15) is 23.8 Å². The van der Waals surface area contributed by atoms with E-state index in [-0.39, 0.29) is 18.0 Å². The Morgan fingerprint density at radius 2 is 2.17 bits per heavy atom. The number of nitrogens with zero attached hydrogens (tertiary/aromatic N) is 3. The Bertz CT molecular complexity index is 1140. The monoisotopic (exact) mass is 414 g/mol. The first-order valence-electron chi connectivity index (χ1n) is 9.40. The van der Waals surface area contributed by atoms with Crippen LogP contribution in [0.25, 0.3) is 10.2 Å². The maximum atomic E-state index is 13.0. The van der Waals surface area contributed by atoms with Crippen molar-refractivity contribution < 1.29 is 14.3 Å². The van der Waals surface area contributed by atoms with Gasteiger partial charge in [-0.05, 0) is 42.9 Å². The fourth-order valence-electron chi connectivity index (χ4n) is 3.62. The molecule has 0 aliphatic heterocycles. The molecule has 0 bridgehead atoms. The molecule has 1 aromatic carbocycles. The summed E-state index contributed by atoms with van der Waals surface area (Å²) < 4.78 is 11.6. The topological polar surface area (TPSA) is 95.3 Å². The molecule has 1 amide bonds. The quantitative estimate of drug-likeness (QED) is 0.690. The number of carbonyl (C=O) groups is 1. The average molecular weight is 414 g/mol. The van der Waals surface area contributed by atoms with Crippen molar-refractivity contribution in [3.05, 3.63) is 39.0 Å².